The summed E-state index contributed by atoms with van der Waals surface area (Å²) in [5.74, 6) is -0.519. The molecule has 29 heavy (non-hydrogen) atoms. The van der Waals surface area contributed by atoms with Gasteiger partial charge in [0.1, 0.15) is 12.3 Å². The number of ether oxygens (including phenoxy) is 2. The van der Waals surface area contributed by atoms with Crippen LogP contribution in [-0.2, 0) is 20.9 Å². The predicted octanol–water partition coefficient (Wildman–Crippen LogP) is 2.68. The summed E-state index contributed by atoms with van der Waals surface area (Å²) in [6.45, 7) is 1.45. The molecule has 9 nitrogen and oxygen atoms in total. The van der Waals surface area contributed by atoms with E-state index in [-0.39, 0.29) is 30.2 Å². The fourth-order valence-electron chi connectivity index (χ4n) is 2.55. The Kier molecular flexibility index (Phi) is 6.35. The second-order valence-electron chi connectivity index (χ2n) is 5.79. The van der Waals surface area contributed by atoms with E-state index in [0.717, 1.165) is 11.3 Å². The van der Waals surface area contributed by atoms with Crippen molar-refractivity contribution in [1.29, 1.82) is 0 Å². The van der Waals surface area contributed by atoms with E-state index in [1.165, 1.54) is 22.8 Å². The van der Waals surface area contributed by atoms with Gasteiger partial charge in [-0.05, 0) is 25.1 Å². The lowest BCUT2D eigenvalue weighted by Gasteiger charge is -2.05. The second-order valence-corrected chi connectivity index (χ2v) is 6.80. The summed E-state index contributed by atoms with van der Waals surface area (Å²) in [7, 11) is 0. The molecule has 0 aliphatic carbocycles. The predicted molar refractivity (Wildman–Crippen MR) is 106 cm³/mol. The molecular weight excluding hydrogens is 398 g/mol. The molecule has 0 spiro atoms. The topological polar surface area (TPSA) is 113 Å². The standard InChI is InChI=1S/C19H17N3O6S/c1-2-27-18(24)11-21-15-9-8-13(22(25)26)10-16(15)29-19(21)20-17(23)12-28-14-6-4-3-5-7-14/h3-10H,2,11-12H2,1H3. The number of aromatic nitrogens is 1. The van der Waals surface area contributed by atoms with Gasteiger partial charge in [-0.15, -0.1) is 0 Å². The molecule has 0 aliphatic heterocycles. The van der Waals surface area contributed by atoms with Crippen molar-refractivity contribution in [2.75, 3.05) is 13.2 Å². The highest BCUT2D eigenvalue weighted by Gasteiger charge is 2.15. The van der Waals surface area contributed by atoms with Crippen molar-refractivity contribution in [3.63, 3.8) is 0 Å². The molecule has 0 radical (unpaired) electrons. The highest BCUT2D eigenvalue weighted by atomic mass is 32.1. The van der Waals surface area contributed by atoms with Gasteiger partial charge in [0, 0.05) is 12.1 Å². The van der Waals surface area contributed by atoms with Crippen molar-refractivity contribution in [3.05, 3.63) is 63.4 Å². The van der Waals surface area contributed by atoms with Gasteiger partial charge in [-0.3, -0.25) is 19.7 Å². The third-order valence-corrected chi connectivity index (χ3v) is 4.84. The summed E-state index contributed by atoms with van der Waals surface area (Å²) in [6.07, 6.45) is 0. The van der Waals surface area contributed by atoms with E-state index in [2.05, 4.69) is 4.99 Å². The van der Waals surface area contributed by atoms with Crippen molar-refractivity contribution in [3.8, 4) is 5.75 Å². The number of nitro groups is 1. The molecule has 0 N–H and O–H groups in total. The molecule has 3 rings (SSSR count). The number of esters is 1. The van der Waals surface area contributed by atoms with Crippen LogP contribution in [0.5, 0.6) is 5.75 Å². The van der Waals surface area contributed by atoms with Crippen LogP contribution >= 0.6 is 11.3 Å². The van der Waals surface area contributed by atoms with Crippen molar-refractivity contribution in [2.45, 2.75) is 13.5 Å². The zero-order valence-corrected chi connectivity index (χ0v) is 16.3. The monoisotopic (exact) mass is 415 g/mol. The van der Waals surface area contributed by atoms with Gasteiger partial charge >= 0.3 is 5.97 Å². The second kappa shape index (κ2) is 9.11. The Morgan fingerprint density at radius 2 is 1.97 bits per heavy atom. The van der Waals surface area contributed by atoms with Crippen molar-refractivity contribution < 1.29 is 24.0 Å². The number of thiazole rings is 1. The van der Waals surface area contributed by atoms with Gasteiger partial charge in [0.2, 0.25) is 0 Å². The van der Waals surface area contributed by atoms with Crippen LogP contribution < -0.4 is 9.54 Å². The minimum atomic E-state index is -0.549. The van der Waals surface area contributed by atoms with Crippen LogP contribution in [-0.4, -0.2) is 34.6 Å². The summed E-state index contributed by atoms with van der Waals surface area (Å²) in [5, 5.41) is 11.0. The zero-order valence-electron chi connectivity index (χ0n) is 15.4. The molecule has 0 unspecified atom stereocenters. The van der Waals surface area contributed by atoms with Crippen LogP contribution in [0, 0.1) is 10.1 Å². The summed E-state index contributed by atoms with van der Waals surface area (Å²) < 4.78 is 12.4. The quantitative estimate of drug-likeness (QED) is 0.333. The average Bonchev–Trinajstić information content (AvgIpc) is 3.03. The maximum atomic E-state index is 12.3. The van der Waals surface area contributed by atoms with Gasteiger partial charge < -0.3 is 14.0 Å². The summed E-state index contributed by atoms with van der Waals surface area (Å²) in [4.78, 5) is 39.1. The van der Waals surface area contributed by atoms with Gasteiger partial charge in [-0.1, -0.05) is 29.5 Å². The van der Waals surface area contributed by atoms with Crippen LogP contribution in [0.1, 0.15) is 6.92 Å². The van der Waals surface area contributed by atoms with E-state index in [0.29, 0.717) is 16.0 Å². The molecule has 0 aliphatic rings. The maximum absolute atomic E-state index is 12.3. The largest absolute Gasteiger partial charge is 0.484 e. The van der Waals surface area contributed by atoms with E-state index in [4.69, 9.17) is 9.47 Å². The summed E-state index contributed by atoms with van der Waals surface area (Å²) >= 11 is 1.07. The smallest absolute Gasteiger partial charge is 0.326 e. The number of non-ortho nitro benzene ring substituents is 1. The molecular formula is C19H17N3O6S. The number of hydrogen-bond donors (Lipinski definition) is 0. The Morgan fingerprint density at radius 1 is 1.21 bits per heavy atom. The van der Waals surface area contributed by atoms with Crippen LogP contribution in [0.3, 0.4) is 0 Å². The molecule has 1 aromatic heterocycles. The molecule has 10 heteroatoms. The number of rotatable bonds is 7. The first kappa shape index (κ1) is 20.2. The first-order valence-electron chi connectivity index (χ1n) is 8.66. The van der Waals surface area contributed by atoms with Gasteiger partial charge in [0.25, 0.3) is 11.6 Å². The number of amides is 1. The number of nitrogens with zero attached hydrogens (tertiary/aromatic N) is 3. The molecule has 150 valence electrons. The molecule has 0 saturated carbocycles. The lowest BCUT2D eigenvalue weighted by Crippen LogP contribution is -2.24. The van der Waals surface area contributed by atoms with Crippen molar-refractivity contribution in [2.24, 2.45) is 4.99 Å². The molecule has 2 aromatic carbocycles. The van der Waals surface area contributed by atoms with Gasteiger partial charge in [-0.25, -0.2) is 0 Å². The van der Waals surface area contributed by atoms with E-state index < -0.39 is 16.8 Å². The highest BCUT2D eigenvalue weighted by molar-refractivity contribution is 7.16. The average molecular weight is 415 g/mol. The summed E-state index contributed by atoms with van der Waals surface area (Å²) in [6, 6.07) is 13.1. The lowest BCUT2D eigenvalue weighted by molar-refractivity contribution is -0.384. The molecule has 0 fully saturated rings. The Balaban J connectivity index is 1.94. The zero-order chi connectivity index (χ0) is 20.8. The fourth-order valence-corrected chi connectivity index (χ4v) is 3.63. The Bertz CT molecular complexity index is 1120. The number of para-hydroxylation sites is 1. The maximum Gasteiger partial charge on any atom is 0.326 e. The first-order chi connectivity index (χ1) is 14.0. The molecule has 1 amide bonds. The van der Waals surface area contributed by atoms with Gasteiger partial charge in [-0.2, -0.15) is 4.99 Å². The minimum Gasteiger partial charge on any atom is -0.484 e. The molecule has 0 atom stereocenters. The van der Waals surface area contributed by atoms with Crippen LogP contribution in [0.2, 0.25) is 0 Å². The van der Waals surface area contributed by atoms with Crippen LogP contribution in [0.15, 0.2) is 53.5 Å². The molecule has 0 saturated heterocycles. The Morgan fingerprint density at radius 3 is 2.66 bits per heavy atom. The third kappa shape index (κ3) is 5.05. The Hall–Kier alpha value is -3.53. The van der Waals surface area contributed by atoms with E-state index >= 15 is 0 Å². The van der Waals surface area contributed by atoms with Gasteiger partial charge in [0.05, 0.1) is 21.7 Å². The number of carbonyl (C=O) groups excluding carboxylic acids is 2. The van der Waals surface area contributed by atoms with E-state index in [1.54, 1.807) is 31.2 Å². The number of benzene rings is 2. The number of nitro benzene ring substituents is 1. The fraction of sp³-hybridized carbons (Fsp3) is 0.211. The molecule has 1 heterocycles. The normalized spacial score (nSPS) is 11.4. The van der Waals surface area contributed by atoms with Crippen LogP contribution in [0.4, 0.5) is 5.69 Å². The molecule has 0 bridgehead atoms. The lowest BCUT2D eigenvalue weighted by atomic mass is 10.3. The SMILES string of the molecule is CCOC(=O)Cn1c(=NC(=O)COc2ccccc2)sc2cc([N+](=O)[O-])ccc21. The van der Waals surface area contributed by atoms with Crippen LogP contribution in [0.25, 0.3) is 10.2 Å². The van der Waals surface area contributed by atoms with Gasteiger partial charge in [0.15, 0.2) is 11.4 Å². The third-order valence-electron chi connectivity index (χ3n) is 3.80. The number of carbonyl (C=O) groups is 2. The summed E-state index contributed by atoms with van der Waals surface area (Å²) in [5.41, 5.74) is 0.455. The van der Waals surface area contributed by atoms with E-state index in [9.17, 15) is 19.7 Å². The molecule has 3 aromatic rings. The number of fused-ring (bicyclic) bond motifs is 1. The van der Waals surface area contributed by atoms with E-state index in [1.807, 2.05) is 6.07 Å². The highest BCUT2D eigenvalue weighted by Crippen LogP contribution is 2.23. The van der Waals surface area contributed by atoms with Crippen molar-refractivity contribution >= 4 is 39.1 Å². The van der Waals surface area contributed by atoms with Crippen molar-refractivity contribution in [1.82, 2.24) is 4.57 Å². The Labute approximate surface area is 169 Å². The number of hydrogen-bond acceptors (Lipinski definition) is 7. The first-order valence-corrected chi connectivity index (χ1v) is 9.48. The minimum absolute atomic E-state index is 0.0904.